The molecule has 0 radical (unpaired) electrons. The summed E-state index contributed by atoms with van der Waals surface area (Å²) >= 11 is 2.23. The van der Waals surface area contributed by atoms with Crippen molar-refractivity contribution in [3.05, 3.63) is 40.2 Å². The summed E-state index contributed by atoms with van der Waals surface area (Å²) in [4.78, 5) is 13.5. The van der Waals surface area contributed by atoms with Crippen molar-refractivity contribution >= 4 is 34.4 Å². The lowest BCUT2D eigenvalue weighted by Gasteiger charge is -2.12. The van der Waals surface area contributed by atoms with Gasteiger partial charge in [0.2, 0.25) is 0 Å². The molecule has 0 spiro atoms. The van der Waals surface area contributed by atoms with Crippen molar-refractivity contribution in [1.82, 2.24) is 15.0 Å². The van der Waals surface area contributed by atoms with E-state index in [2.05, 4.69) is 32.9 Å². The summed E-state index contributed by atoms with van der Waals surface area (Å²) in [5.74, 6) is 0. The Hall–Kier alpha value is -1.64. The monoisotopic (exact) mass is 370 g/mol. The van der Waals surface area contributed by atoms with Crippen molar-refractivity contribution in [2.75, 3.05) is 11.4 Å². The highest BCUT2D eigenvalue weighted by molar-refractivity contribution is 14.1. The first-order valence-electron chi connectivity index (χ1n) is 5.80. The Bertz CT molecular complexity index is 570. The number of aromatic nitrogens is 3. The van der Waals surface area contributed by atoms with E-state index in [0.717, 1.165) is 9.26 Å². The van der Waals surface area contributed by atoms with E-state index >= 15 is 0 Å². The van der Waals surface area contributed by atoms with E-state index in [1.165, 1.54) is 0 Å². The Morgan fingerprint density at radius 2 is 2.16 bits per heavy atom. The lowest BCUT2D eigenvalue weighted by molar-refractivity contribution is 0.129. The number of halogens is 1. The van der Waals surface area contributed by atoms with Gasteiger partial charge < -0.3 is 4.74 Å². The highest BCUT2D eigenvalue weighted by atomic mass is 127. The van der Waals surface area contributed by atoms with Gasteiger partial charge in [0, 0.05) is 15.5 Å². The number of hydrogen-bond acceptors (Lipinski definition) is 4. The van der Waals surface area contributed by atoms with Crippen LogP contribution in [-0.2, 0) is 11.3 Å². The second-order valence-electron chi connectivity index (χ2n) is 4.22. The van der Waals surface area contributed by atoms with Crippen molar-refractivity contribution < 1.29 is 9.53 Å². The third-order valence-corrected chi connectivity index (χ3v) is 3.59. The number of amides is 1. The van der Waals surface area contributed by atoms with Crippen molar-refractivity contribution in [3.8, 4) is 0 Å². The van der Waals surface area contributed by atoms with Gasteiger partial charge in [-0.15, -0.1) is 5.10 Å². The minimum absolute atomic E-state index is 0.200. The Kier molecular flexibility index (Phi) is 3.36. The van der Waals surface area contributed by atoms with Gasteiger partial charge in [-0.25, -0.2) is 9.48 Å². The molecule has 19 heavy (non-hydrogen) atoms. The Labute approximate surface area is 123 Å². The molecule has 7 heteroatoms. The zero-order chi connectivity index (χ0) is 13.2. The van der Waals surface area contributed by atoms with E-state index in [1.54, 1.807) is 22.0 Å². The molecule has 1 atom stereocenters. The van der Waals surface area contributed by atoms with Gasteiger partial charge >= 0.3 is 6.09 Å². The van der Waals surface area contributed by atoms with Crippen LogP contribution in [-0.4, -0.2) is 33.7 Å². The molecule has 0 aliphatic carbocycles. The maximum atomic E-state index is 11.9. The van der Waals surface area contributed by atoms with Gasteiger partial charge in [-0.3, -0.25) is 4.90 Å². The van der Waals surface area contributed by atoms with Gasteiger partial charge in [0.15, 0.2) is 0 Å². The van der Waals surface area contributed by atoms with Gasteiger partial charge in [0.05, 0.1) is 19.3 Å². The number of carbonyl (C=O) groups excluding carboxylic acids is 1. The molecule has 2 aromatic rings. The van der Waals surface area contributed by atoms with E-state index in [1.807, 2.05) is 24.3 Å². The van der Waals surface area contributed by atoms with Crippen LogP contribution in [0.25, 0.3) is 0 Å². The molecule has 1 fully saturated rings. The van der Waals surface area contributed by atoms with Gasteiger partial charge in [-0.2, -0.15) is 0 Å². The number of carbonyl (C=O) groups is 1. The highest BCUT2D eigenvalue weighted by Crippen LogP contribution is 2.23. The van der Waals surface area contributed by atoms with E-state index < -0.39 is 0 Å². The second-order valence-corrected chi connectivity index (χ2v) is 5.46. The number of rotatable bonds is 3. The van der Waals surface area contributed by atoms with Crippen LogP contribution in [0.15, 0.2) is 36.7 Å². The average Bonchev–Trinajstić information content (AvgIpc) is 3.01. The molecule has 1 aliphatic rings. The van der Waals surface area contributed by atoms with Crippen LogP contribution in [0.2, 0.25) is 0 Å². The minimum atomic E-state index is -0.314. The van der Waals surface area contributed by atoms with Gasteiger partial charge in [-0.05, 0) is 46.9 Å². The van der Waals surface area contributed by atoms with Crippen LogP contribution >= 0.6 is 22.6 Å². The number of cyclic esters (lactones) is 1. The fourth-order valence-electron chi connectivity index (χ4n) is 1.99. The summed E-state index contributed by atoms with van der Waals surface area (Å²) in [6.07, 6.45) is 2.84. The first-order valence-corrected chi connectivity index (χ1v) is 6.88. The molecule has 0 N–H and O–H groups in total. The smallest absolute Gasteiger partial charge is 0.414 e. The SMILES string of the molecule is O=C1O[C@@H](Cn2ccnn2)CN1c1ccc(I)cc1. The zero-order valence-electron chi connectivity index (χ0n) is 9.94. The Morgan fingerprint density at radius 1 is 1.37 bits per heavy atom. The van der Waals surface area contributed by atoms with E-state index in [4.69, 9.17) is 4.74 Å². The zero-order valence-corrected chi connectivity index (χ0v) is 12.1. The molecule has 98 valence electrons. The number of benzene rings is 1. The lowest BCUT2D eigenvalue weighted by Crippen LogP contribution is -2.26. The quantitative estimate of drug-likeness (QED) is 0.775. The van der Waals surface area contributed by atoms with Crippen LogP contribution in [0.1, 0.15) is 0 Å². The van der Waals surface area contributed by atoms with Crippen molar-refractivity contribution in [1.29, 1.82) is 0 Å². The van der Waals surface area contributed by atoms with E-state index in [0.29, 0.717) is 13.1 Å². The number of nitrogens with zero attached hydrogens (tertiary/aromatic N) is 4. The molecule has 1 aliphatic heterocycles. The molecule has 1 aromatic heterocycles. The first kappa shape index (κ1) is 12.4. The number of ether oxygens (including phenoxy) is 1. The molecule has 0 unspecified atom stereocenters. The summed E-state index contributed by atoms with van der Waals surface area (Å²) in [6.45, 7) is 1.05. The van der Waals surface area contributed by atoms with Crippen molar-refractivity contribution in [2.45, 2.75) is 12.6 Å². The van der Waals surface area contributed by atoms with Gasteiger partial charge in [0.25, 0.3) is 0 Å². The van der Waals surface area contributed by atoms with Crippen molar-refractivity contribution in [2.24, 2.45) is 0 Å². The molecular weight excluding hydrogens is 359 g/mol. The molecule has 1 aromatic carbocycles. The summed E-state index contributed by atoms with van der Waals surface area (Å²) < 4.78 is 8.12. The molecular formula is C12H11IN4O2. The molecule has 1 saturated heterocycles. The van der Waals surface area contributed by atoms with E-state index in [-0.39, 0.29) is 12.2 Å². The molecule has 6 nitrogen and oxygen atoms in total. The highest BCUT2D eigenvalue weighted by Gasteiger charge is 2.32. The standard InChI is InChI=1S/C12H11IN4O2/c13-9-1-3-10(4-2-9)17-8-11(19-12(17)18)7-16-6-5-14-15-16/h1-6,11H,7-8H2/t11-/m0/s1. The van der Waals surface area contributed by atoms with Gasteiger partial charge in [-0.1, -0.05) is 5.21 Å². The van der Waals surface area contributed by atoms with E-state index in [9.17, 15) is 4.79 Å². The third-order valence-electron chi connectivity index (χ3n) is 2.88. The summed E-state index contributed by atoms with van der Waals surface area (Å²) in [5.41, 5.74) is 0.853. The molecule has 0 saturated carbocycles. The summed E-state index contributed by atoms with van der Waals surface area (Å²) in [6, 6.07) is 7.77. The van der Waals surface area contributed by atoms with Crippen LogP contribution in [0.3, 0.4) is 0 Å². The first-order chi connectivity index (χ1) is 9.22. The average molecular weight is 370 g/mol. The molecule has 2 heterocycles. The summed E-state index contributed by atoms with van der Waals surface area (Å²) in [5, 5.41) is 7.60. The normalized spacial score (nSPS) is 18.7. The van der Waals surface area contributed by atoms with Crippen LogP contribution in [0.4, 0.5) is 10.5 Å². The largest absolute Gasteiger partial charge is 0.442 e. The third kappa shape index (κ3) is 2.70. The topological polar surface area (TPSA) is 60.3 Å². The molecule has 0 bridgehead atoms. The van der Waals surface area contributed by atoms with Crippen molar-refractivity contribution in [3.63, 3.8) is 0 Å². The summed E-state index contributed by atoms with van der Waals surface area (Å²) in [7, 11) is 0. The predicted octanol–water partition coefficient (Wildman–Crippen LogP) is 1.91. The maximum absolute atomic E-state index is 11.9. The van der Waals surface area contributed by atoms with Crippen LogP contribution in [0.5, 0.6) is 0 Å². The van der Waals surface area contributed by atoms with Gasteiger partial charge in [0.1, 0.15) is 6.10 Å². The second kappa shape index (κ2) is 5.16. The fraction of sp³-hybridized carbons (Fsp3) is 0.250. The predicted molar refractivity (Wildman–Crippen MR) is 76.8 cm³/mol. The van der Waals surface area contributed by atoms with Crippen LogP contribution < -0.4 is 4.90 Å². The molecule has 3 rings (SSSR count). The Balaban J connectivity index is 1.71. The van der Waals surface area contributed by atoms with Crippen LogP contribution in [0, 0.1) is 3.57 Å². The fourth-order valence-corrected chi connectivity index (χ4v) is 2.35. The number of hydrogen-bond donors (Lipinski definition) is 0. The Morgan fingerprint density at radius 3 is 2.84 bits per heavy atom. The minimum Gasteiger partial charge on any atom is -0.442 e. The maximum Gasteiger partial charge on any atom is 0.414 e. The lowest BCUT2D eigenvalue weighted by atomic mass is 10.3. The number of anilines is 1. The molecule has 1 amide bonds.